The number of amides is 2. The van der Waals surface area contributed by atoms with Crippen molar-refractivity contribution in [1.29, 1.82) is 0 Å². The van der Waals surface area contributed by atoms with E-state index in [1.807, 2.05) is 74.2 Å². The Kier molecular flexibility index (Phi) is 5.95. The van der Waals surface area contributed by atoms with Crippen molar-refractivity contribution < 1.29 is 9.59 Å². The number of carbonyl (C=O) groups excluding carboxylic acids is 2. The van der Waals surface area contributed by atoms with Crippen LogP contribution in [0.4, 0.5) is 5.69 Å². The Labute approximate surface area is 187 Å². The number of H-pyrrole nitrogens is 1. The molecule has 1 aromatic heterocycles. The molecule has 1 unspecified atom stereocenters. The molecule has 2 N–H and O–H groups in total. The predicted molar refractivity (Wildman–Crippen MR) is 125 cm³/mol. The van der Waals surface area contributed by atoms with Crippen molar-refractivity contribution in [3.8, 4) is 0 Å². The van der Waals surface area contributed by atoms with Crippen LogP contribution in [-0.4, -0.2) is 16.8 Å². The second-order valence-corrected chi connectivity index (χ2v) is 8.32. The molecule has 4 rings (SSSR count). The standard InChI is InChI=1S/C26H27N3O3/c1-16-13-17(2)28-26(32)22(16)15-27-25(31)21-9-11-23-20(14-21)10-12-24(30)29(23)18(3)19-7-5-4-6-8-19/h4-9,11,13-14,18H,10,12,15H2,1-3H3,(H,27,31)(H,28,32). The van der Waals surface area contributed by atoms with Gasteiger partial charge in [-0.25, -0.2) is 0 Å². The van der Waals surface area contributed by atoms with Gasteiger partial charge in [0.2, 0.25) is 5.91 Å². The molecule has 2 heterocycles. The number of nitrogens with zero attached hydrogens (tertiary/aromatic N) is 1. The number of aromatic amines is 1. The van der Waals surface area contributed by atoms with Crippen molar-refractivity contribution in [3.63, 3.8) is 0 Å². The summed E-state index contributed by atoms with van der Waals surface area (Å²) >= 11 is 0. The number of benzene rings is 2. The van der Waals surface area contributed by atoms with Crippen molar-refractivity contribution in [2.45, 2.75) is 46.2 Å². The van der Waals surface area contributed by atoms with Crippen LogP contribution in [0.1, 0.15) is 57.7 Å². The van der Waals surface area contributed by atoms with Crippen molar-refractivity contribution in [2.75, 3.05) is 4.90 Å². The van der Waals surface area contributed by atoms with Gasteiger partial charge in [0.1, 0.15) is 0 Å². The zero-order valence-corrected chi connectivity index (χ0v) is 18.6. The van der Waals surface area contributed by atoms with Gasteiger partial charge in [-0.05, 0) is 68.1 Å². The van der Waals surface area contributed by atoms with Crippen LogP contribution in [-0.2, 0) is 17.8 Å². The van der Waals surface area contributed by atoms with E-state index in [4.69, 9.17) is 0 Å². The Bertz CT molecular complexity index is 1230. The van der Waals surface area contributed by atoms with Crippen LogP contribution in [0.5, 0.6) is 0 Å². The summed E-state index contributed by atoms with van der Waals surface area (Å²) in [6.07, 6.45) is 1.01. The molecule has 0 spiro atoms. The maximum Gasteiger partial charge on any atom is 0.253 e. The lowest BCUT2D eigenvalue weighted by molar-refractivity contribution is -0.119. The summed E-state index contributed by atoms with van der Waals surface area (Å²) < 4.78 is 0. The van der Waals surface area contributed by atoms with Crippen LogP contribution in [0.15, 0.2) is 59.4 Å². The highest BCUT2D eigenvalue weighted by Gasteiger charge is 2.29. The van der Waals surface area contributed by atoms with Crippen LogP contribution < -0.4 is 15.8 Å². The first kappa shape index (κ1) is 21.6. The summed E-state index contributed by atoms with van der Waals surface area (Å²) in [6.45, 7) is 5.87. The number of nitrogens with one attached hydrogen (secondary N) is 2. The number of hydrogen-bond acceptors (Lipinski definition) is 3. The minimum Gasteiger partial charge on any atom is -0.348 e. The van der Waals surface area contributed by atoms with E-state index >= 15 is 0 Å². The van der Waals surface area contributed by atoms with Crippen molar-refractivity contribution in [2.24, 2.45) is 0 Å². The Morgan fingerprint density at radius 1 is 1.06 bits per heavy atom. The van der Waals surface area contributed by atoms with Gasteiger partial charge in [0.05, 0.1) is 6.04 Å². The third kappa shape index (κ3) is 4.21. The zero-order valence-electron chi connectivity index (χ0n) is 18.6. The monoisotopic (exact) mass is 429 g/mol. The van der Waals surface area contributed by atoms with Crippen LogP contribution in [0.25, 0.3) is 0 Å². The minimum absolute atomic E-state index is 0.0835. The Balaban J connectivity index is 1.55. The van der Waals surface area contributed by atoms with E-state index in [0.29, 0.717) is 24.0 Å². The fourth-order valence-corrected chi connectivity index (χ4v) is 4.34. The molecule has 0 saturated heterocycles. The normalized spacial score (nSPS) is 14.1. The summed E-state index contributed by atoms with van der Waals surface area (Å²) in [5.74, 6) is -0.160. The summed E-state index contributed by atoms with van der Waals surface area (Å²) in [6, 6.07) is 17.2. The highest BCUT2D eigenvalue weighted by atomic mass is 16.2. The van der Waals surface area contributed by atoms with Crippen LogP contribution in [0, 0.1) is 13.8 Å². The molecule has 32 heavy (non-hydrogen) atoms. The Hall–Kier alpha value is -3.67. The maximum absolute atomic E-state index is 12.8. The van der Waals surface area contributed by atoms with Crippen molar-refractivity contribution in [3.05, 3.63) is 98.5 Å². The molecule has 3 aromatic rings. The molecule has 2 amide bonds. The lowest BCUT2D eigenvalue weighted by atomic mass is 9.95. The van der Waals surface area contributed by atoms with Gasteiger partial charge in [0.25, 0.3) is 11.5 Å². The number of carbonyl (C=O) groups is 2. The van der Waals surface area contributed by atoms with Gasteiger partial charge in [0.15, 0.2) is 0 Å². The first-order valence-electron chi connectivity index (χ1n) is 10.8. The van der Waals surface area contributed by atoms with Gasteiger partial charge >= 0.3 is 0 Å². The molecule has 0 aliphatic carbocycles. The number of aromatic nitrogens is 1. The van der Waals surface area contributed by atoms with E-state index in [-0.39, 0.29) is 30.0 Å². The topological polar surface area (TPSA) is 82.3 Å². The van der Waals surface area contributed by atoms with Crippen molar-refractivity contribution in [1.82, 2.24) is 10.3 Å². The van der Waals surface area contributed by atoms with Gasteiger partial charge < -0.3 is 15.2 Å². The number of rotatable bonds is 5. The van der Waals surface area contributed by atoms with E-state index < -0.39 is 0 Å². The summed E-state index contributed by atoms with van der Waals surface area (Å²) in [5, 5.41) is 2.85. The number of pyridine rings is 1. The first-order valence-corrected chi connectivity index (χ1v) is 10.8. The fraction of sp³-hybridized carbons (Fsp3) is 0.269. The molecule has 0 bridgehead atoms. The second kappa shape index (κ2) is 8.83. The molecular formula is C26H27N3O3. The summed E-state index contributed by atoms with van der Waals surface area (Å²) in [7, 11) is 0. The summed E-state index contributed by atoms with van der Waals surface area (Å²) in [5.41, 5.74) is 5.42. The molecule has 1 aliphatic rings. The third-order valence-electron chi connectivity index (χ3n) is 6.07. The van der Waals surface area contributed by atoms with Crippen LogP contribution in [0.2, 0.25) is 0 Å². The molecule has 1 aliphatic heterocycles. The van der Waals surface area contributed by atoms with E-state index in [2.05, 4.69) is 10.3 Å². The average Bonchev–Trinajstić information content (AvgIpc) is 2.78. The Morgan fingerprint density at radius 3 is 2.53 bits per heavy atom. The van der Waals surface area contributed by atoms with Gasteiger partial charge in [-0.15, -0.1) is 0 Å². The highest BCUT2D eigenvalue weighted by Crippen LogP contribution is 2.35. The number of hydrogen-bond donors (Lipinski definition) is 2. The Morgan fingerprint density at radius 2 is 1.81 bits per heavy atom. The SMILES string of the molecule is Cc1cc(C)c(CNC(=O)c2ccc3c(c2)CCC(=O)N3C(C)c2ccccc2)c(=O)[nH]1. The lowest BCUT2D eigenvalue weighted by Crippen LogP contribution is -2.37. The molecule has 0 radical (unpaired) electrons. The van der Waals surface area contributed by atoms with Gasteiger partial charge in [-0.3, -0.25) is 14.4 Å². The maximum atomic E-state index is 12.8. The van der Waals surface area contributed by atoms with Crippen LogP contribution >= 0.6 is 0 Å². The predicted octanol–water partition coefficient (Wildman–Crippen LogP) is 3.96. The highest BCUT2D eigenvalue weighted by molar-refractivity contribution is 5.99. The van der Waals surface area contributed by atoms with Gasteiger partial charge in [-0.1, -0.05) is 30.3 Å². The molecule has 1 atom stereocenters. The van der Waals surface area contributed by atoms with E-state index in [9.17, 15) is 14.4 Å². The zero-order chi connectivity index (χ0) is 22.8. The average molecular weight is 430 g/mol. The van der Waals surface area contributed by atoms with Crippen LogP contribution in [0.3, 0.4) is 0 Å². The molecule has 0 saturated carbocycles. The number of aryl methyl sites for hydroxylation is 3. The smallest absolute Gasteiger partial charge is 0.253 e. The van der Waals surface area contributed by atoms with E-state index in [0.717, 1.165) is 28.1 Å². The summed E-state index contributed by atoms with van der Waals surface area (Å²) in [4.78, 5) is 42.3. The number of fused-ring (bicyclic) bond motifs is 1. The molecule has 164 valence electrons. The fourth-order valence-electron chi connectivity index (χ4n) is 4.34. The first-order chi connectivity index (χ1) is 15.3. The van der Waals surface area contributed by atoms with Gasteiger partial charge in [0, 0.05) is 35.5 Å². The quantitative estimate of drug-likeness (QED) is 0.644. The molecule has 6 nitrogen and oxygen atoms in total. The van der Waals surface area contributed by atoms with E-state index in [1.165, 1.54) is 0 Å². The lowest BCUT2D eigenvalue weighted by Gasteiger charge is -2.35. The molecule has 6 heteroatoms. The van der Waals surface area contributed by atoms with Gasteiger partial charge in [-0.2, -0.15) is 0 Å². The molecule has 0 fully saturated rings. The molecule has 2 aromatic carbocycles. The van der Waals surface area contributed by atoms with Crippen molar-refractivity contribution >= 4 is 17.5 Å². The van der Waals surface area contributed by atoms with E-state index in [1.54, 1.807) is 6.07 Å². The third-order valence-corrected chi connectivity index (χ3v) is 6.07. The second-order valence-electron chi connectivity index (χ2n) is 8.32. The molecular weight excluding hydrogens is 402 g/mol. The largest absolute Gasteiger partial charge is 0.348 e. The minimum atomic E-state index is -0.244. The number of anilines is 1.